The Hall–Kier alpha value is -3.11. The SMILES string of the molecule is CC.O=C(O)c1ccc2c(c1)CC1(C2)C(=O)N(c2ccccc2)c2cc(Cl)ccc21. The molecule has 0 radical (unpaired) electrons. The standard InChI is InChI=1S/C23H16ClNO3.C2H6/c24-17-8-9-19-20(11-17)25(18-4-2-1-3-5-18)22(28)23(19)12-15-7-6-14(21(26)27)10-16(15)13-23;1-2/h1-11H,12-13H2,(H,26,27);1-2H3. The molecule has 1 heterocycles. The van der Waals surface area contributed by atoms with E-state index in [9.17, 15) is 14.7 Å². The first-order chi connectivity index (χ1) is 14.5. The molecule has 0 saturated carbocycles. The molecule has 1 aliphatic heterocycles. The second-order valence-electron chi connectivity index (χ2n) is 7.36. The van der Waals surface area contributed by atoms with Crippen LogP contribution in [0.25, 0.3) is 0 Å². The van der Waals surface area contributed by atoms with Gasteiger partial charge in [-0.05, 0) is 65.9 Å². The minimum absolute atomic E-state index is 0.00374. The number of fused-ring (bicyclic) bond motifs is 3. The monoisotopic (exact) mass is 419 g/mol. The van der Waals surface area contributed by atoms with Crippen molar-refractivity contribution in [2.24, 2.45) is 0 Å². The van der Waals surface area contributed by atoms with Gasteiger partial charge < -0.3 is 5.11 Å². The number of para-hydroxylation sites is 1. The Morgan fingerprint density at radius 3 is 2.37 bits per heavy atom. The van der Waals surface area contributed by atoms with Crippen LogP contribution in [0.1, 0.15) is 40.9 Å². The fourth-order valence-electron chi connectivity index (χ4n) is 4.52. The smallest absolute Gasteiger partial charge is 0.335 e. The van der Waals surface area contributed by atoms with Crippen molar-refractivity contribution in [1.29, 1.82) is 0 Å². The van der Waals surface area contributed by atoms with Gasteiger partial charge in [-0.1, -0.05) is 55.8 Å². The van der Waals surface area contributed by atoms with Crippen molar-refractivity contribution in [3.8, 4) is 0 Å². The van der Waals surface area contributed by atoms with Crippen LogP contribution in [-0.4, -0.2) is 17.0 Å². The average Bonchev–Trinajstić information content (AvgIpc) is 3.25. The Bertz CT molecular complexity index is 1140. The molecule has 1 amide bonds. The predicted octanol–water partition coefficient (Wildman–Crippen LogP) is 5.78. The lowest BCUT2D eigenvalue weighted by atomic mass is 9.79. The zero-order valence-electron chi connectivity index (χ0n) is 16.9. The Morgan fingerprint density at radius 1 is 0.967 bits per heavy atom. The second-order valence-corrected chi connectivity index (χ2v) is 7.80. The van der Waals surface area contributed by atoms with Crippen molar-refractivity contribution in [2.45, 2.75) is 32.1 Å². The quantitative estimate of drug-likeness (QED) is 0.572. The molecule has 0 aromatic heterocycles. The van der Waals surface area contributed by atoms with E-state index < -0.39 is 11.4 Å². The molecule has 1 N–H and O–H groups in total. The molecule has 3 aromatic carbocycles. The third kappa shape index (κ3) is 2.99. The number of carboxylic acid groups (broad SMARTS) is 1. The fraction of sp³-hybridized carbons (Fsp3) is 0.200. The van der Waals surface area contributed by atoms with Gasteiger partial charge in [0.1, 0.15) is 0 Å². The first-order valence-electron chi connectivity index (χ1n) is 10.0. The molecule has 152 valence electrons. The minimum Gasteiger partial charge on any atom is -0.478 e. The maximum Gasteiger partial charge on any atom is 0.335 e. The molecule has 5 rings (SSSR count). The highest BCUT2D eigenvalue weighted by atomic mass is 35.5. The van der Waals surface area contributed by atoms with Gasteiger partial charge in [-0.15, -0.1) is 0 Å². The molecule has 1 aliphatic carbocycles. The number of halogens is 1. The van der Waals surface area contributed by atoms with E-state index >= 15 is 0 Å². The summed E-state index contributed by atoms with van der Waals surface area (Å²) in [6, 6.07) is 20.3. The number of aromatic carboxylic acids is 1. The first-order valence-corrected chi connectivity index (χ1v) is 10.4. The van der Waals surface area contributed by atoms with E-state index in [1.165, 1.54) is 0 Å². The van der Waals surface area contributed by atoms with Gasteiger partial charge in [0.15, 0.2) is 0 Å². The number of hydrogen-bond acceptors (Lipinski definition) is 2. The summed E-state index contributed by atoms with van der Waals surface area (Å²) < 4.78 is 0. The third-order valence-electron chi connectivity index (χ3n) is 5.78. The van der Waals surface area contributed by atoms with Crippen molar-refractivity contribution in [3.05, 3.63) is 94.0 Å². The summed E-state index contributed by atoms with van der Waals surface area (Å²) in [5, 5.41) is 9.89. The normalized spacial score (nSPS) is 18.6. The molecule has 3 aromatic rings. The number of anilines is 2. The number of carboxylic acids is 1. The lowest BCUT2D eigenvalue weighted by molar-refractivity contribution is -0.122. The summed E-state index contributed by atoms with van der Waals surface area (Å²) in [6.45, 7) is 4.00. The van der Waals surface area contributed by atoms with E-state index in [1.54, 1.807) is 17.0 Å². The van der Waals surface area contributed by atoms with E-state index in [-0.39, 0.29) is 11.5 Å². The summed E-state index contributed by atoms with van der Waals surface area (Å²) in [5.74, 6) is -0.955. The number of benzene rings is 3. The molecule has 1 unspecified atom stereocenters. The van der Waals surface area contributed by atoms with Gasteiger partial charge in [0.05, 0.1) is 16.7 Å². The van der Waals surface area contributed by atoms with Gasteiger partial charge in [0.2, 0.25) is 5.91 Å². The molecular weight excluding hydrogens is 398 g/mol. The van der Waals surface area contributed by atoms with Crippen LogP contribution in [0.3, 0.4) is 0 Å². The second kappa shape index (κ2) is 7.62. The van der Waals surface area contributed by atoms with Crippen molar-refractivity contribution in [1.82, 2.24) is 0 Å². The van der Waals surface area contributed by atoms with Crippen LogP contribution in [0.2, 0.25) is 5.02 Å². The van der Waals surface area contributed by atoms with Gasteiger partial charge in [-0.3, -0.25) is 9.69 Å². The molecule has 0 saturated heterocycles. The number of nitrogens with zero attached hydrogens (tertiary/aromatic N) is 1. The number of amides is 1. The largest absolute Gasteiger partial charge is 0.478 e. The molecule has 1 atom stereocenters. The highest BCUT2D eigenvalue weighted by molar-refractivity contribution is 6.31. The number of hydrogen-bond donors (Lipinski definition) is 1. The zero-order chi connectivity index (χ0) is 21.5. The first kappa shape index (κ1) is 20.2. The fourth-order valence-corrected chi connectivity index (χ4v) is 4.68. The van der Waals surface area contributed by atoms with Crippen LogP contribution >= 0.6 is 11.6 Å². The predicted molar refractivity (Wildman–Crippen MR) is 119 cm³/mol. The van der Waals surface area contributed by atoms with Crippen LogP contribution < -0.4 is 4.90 Å². The van der Waals surface area contributed by atoms with Gasteiger partial charge in [0.25, 0.3) is 0 Å². The van der Waals surface area contributed by atoms with Gasteiger partial charge in [0, 0.05) is 10.7 Å². The summed E-state index contributed by atoms with van der Waals surface area (Å²) in [4.78, 5) is 26.9. The Labute approximate surface area is 180 Å². The maximum absolute atomic E-state index is 13.8. The topological polar surface area (TPSA) is 57.6 Å². The van der Waals surface area contributed by atoms with Crippen LogP contribution in [0.4, 0.5) is 11.4 Å². The Morgan fingerprint density at radius 2 is 1.67 bits per heavy atom. The van der Waals surface area contributed by atoms with E-state index in [0.29, 0.717) is 17.9 Å². The molecular formula is C25H22ClNO3. The highest BCUT2D eigenvalue weighted by Crippen LogP contribution is 2.52. The van der Waals surface area contributed by atoms with Gasteiger partial charge in [-0.25, -0.2) is 4.79 Å². The van der Waals surface area contributed by atoms with Gasteiger partial charge >= 0.3 is 5.97 Å². The van der Waals surface area contributed by atoms with Crippen LogP contribution in [0.5, 0.6) is 0 Å². The van der Waals surface area contributed by atoms with Crippen molar-refractivity contribution >= 4 is 34.9 Å². The summed E-state index contributed by atoms with van der Waals surface area (Å²) in [5.41, 5.74) is 4.01. The molecule has 1 spiro atoms. The molecule has 0 bridgehead atoms. The molecule has 30 heavy (non-hydrogen) atoms. The van der Waals surface area contributed by atoms with E-state index in [2.05, 4.69) is 0 Å². The number of carbonyl (C=O) groups is 2. The van der Waals surface area contributed by atoms with Crippen molar-refractivity contribution in [2.75, 3.05) is 4.90 Å². The van der Waals surface area contributed by atoms with E-state index in [1.807, 2.05) is 68.4 Å². The Balaban J connectivity index is 0.00000106. The van der Waals surface area contributed by atoms with Crippen LogP contribution in [0.15, 0.2) is 66.7 Å². The lowest BCUT2D eigenvalue weighted by Crippen LogP contribution is -2.39. The van der Waals surface area contributed by atoms with E-state index in [4.69, 9.17) is 11.6 Å². The summed E-state index contributed by atoms with van der Waals surface area (Å²) in [6.07, 6.45) is 1.04. The lowest BCUT2D eigenvalue weighted by Gasteiger charge is -2.23. The third-order valence-corrected chi connectivity index (χ3v) is 6.02. The van der Waals surface area contributed by atoms with Crippen molar-refractivity contribution < 1.29 is 14.7 Å². The van der Waals surface area contributed by atoms with Crippen LogP contribution in [-0.2, 0) is 23.1 Å². The summed E-state index contributed by atoms with van der Waals surface area (Å²) in [7, 11) is 0. The molecule has 5 heteroatoms. The molecule has 0 fully saturated rings. The Kier molecular flexibility index (Phi) is 5.12. The number of carbonyl (C=O) groups excluding carboxylic acids is 1. The summed E-state index contributed by atoms with van der Waals surface area (Å²) >= 11 is 6.26. The highest BCUT2D eigenvalue weighted by Gasteiger charge is 2.54. The van der Waals surface area contributed by atoms with Crippen LogP contribution in [0, 0.1) is 0 Å². The average molecular weight is 420 g/mol. The molecule has 2 aliphatic rings. The van der Waals surface area contributed by atoms with Gasteiger partial charge in [-0.2, -0.15) is 0 Å². The minimum atomic E-state index is -0.959. The maximum atomic E-state index is 13.8. The number of rotatable bonds is 2. The molecule has 4 nitrogen and oxygen atoms in total. The van der Waals surface area contributed by atoms with Crippen molar-refractivity contribution in [3.63, 3.8) is 0 Å². The zero-order valence-corrected chi connectivity index (χ0v) is 17.6. The van der Waals surface area contributed by atoms with E-state index in [0.717, 1.165) is 28.1 Å².